The first-order valence-corrected chi connectivity index (χ1v) is 9.43. The third kappa shape index (κ3) is 3.71. The number of methoxy groups -OCH3 is 1. The van der Waals surface area contributed by atoms with Crippen molar-refractivity contribution in [1.82, 2.24) is 15.5 Å². The molecular weight excluding hydrogens is 352 g/mol. The number of ether oxygens (including phenoxy) is 1. The Morgan fingerprint density at radius 1 is 1.42 bits per heavy atom. The molecule has 2 aromatic heterocycles. The third-order valence-electron chi connectivity index (χ3n) is 4.29. The van der Waals surface area contributed by atoms with Crippen LogP contribution in [0.25, 0.3) is 21.7 Å². The molecule has 1 fully saturated rings. The average molecular weight is 372 g/mol. The van der Waals surface area contributed by atoms with Crippen molar-refractivity contribution in [2.24, 2.45) is 5.92 Å². The van der Waals surface area contributed by atoms with Gasteiger partial charge in [0.15, 0.2) is 5.58 Å². The maximum Gasteiger partial charge on any atom is 0.263 e. The van der Waals surface area contributed by atoms with Crippen molar-refractivity contribution in [3.05, 3.63) is 29.3 Å². The van der Waals surface area contributed by atoms with Crippen LogP contribution in [0.5, 0.6) is 0 Å². The maximum atomic E-state index is 12.1. The first-order valence-electron chi connectivity index (χ1n) is 8.61. The molecular formula is C18H20N4O3S. The monoisotopic (exact) mass is 372 g/mol. The molecule has 8 heteroatoms. The van der Waals surface area contributed by atoms with Crippen LogP contribution in [0.15, 0.2) is 28.9 Å². The number of carbonyl (C=O) groups excluding carboxylic acids is 1. The third-order valence-corrected chi connectivity index (χ3v) is 5.29. The number of anilines is 1. The molecule has 2 heterocycles. The summed E-state index contributed by atoms with van der Waals surface area (Å²) in [6.45, 7) is 1.94. The lowest BCUT2D eigenvalue weighted by molar-refractivity contribution is 0.0941. The van der Waals surface area contributed by atoms with E-state index in [-0.39, 0.29) is 5.91 Å². The van der Waals surface area contributed by atoms with Crippen LogP contribution in [0.3, 0.4) is 0 Å². The average Bonchev–Trinajstić information content (AvgIpc) is 3.18. The molecule has 7 nitrogen and oxygen atoms in total. The Bertz CT molecular complexity index is 916. The van der Waals surface area contributed by atoms with Crippen molar-refractivity contribution in [1.29, 1.82) is 0 Å². The van der Waals surface area contributed by atoms with Crippen LogP contribution in [0.4, 0.5) is 5.69 Å². The highest BCUT2D eigenvalue weighted by Gasteiger charge is 2.21. The fourth-order valence-electron chi connectivity index (χ4n) is 2.63. The van der Waals surface area contributed by atoms with E-state index >= 15 is 0 Å². The van der Waals surface area contributed by atoms with Crippen LogP contribution >= 0.6 is 11.3 Å². The summed E-state index contributed by atoms with van der Waals surface area (Å²) in [5, 5.41) is 11.9. The number of fused-ring (bicyclic) bond motifs is 1. The summed E-state index contributed by atoms with van der Waals surface area (Å²) in [5.41, 5.74) is 2.40. The van der Waals surface area contributed by atoms with E-state index in [0.29, 0.717) is 34.3 Å². The van der Waals surface area contributed by atoms with Crippen LogP contribution in [0.2, 0.25) is 0 Å². The van der Waals surface area contributed by atoms with Crippen LogP contribution < -0.4 is 10.6 Å². The standard InChI is InChI=1S/C18H20N4O3S/c1-24-7-6-19-17(23)15-10-21-18(26-15)16-13-5-4-12(8-14(13)25-22-16)20-9-11-2-3-11/h4-5,8,10-11,20H,2-3,6-7,9H2,1H3,(H,19,23). The van der Waals surface area contributed by atoms with Gasteiger partial charge in [0.25, 0.3) is 5.91 Å². The summed E-state index contributed by atoms with van der Waals surface area (Å²) >= 11 is 1.30. The van der Waals surface area contributed by atoms with Crippen molar-refractivity contribution in [3.8, 4) is 10.7 Å². The number of thiazole rings is 1. The van der Waals surface area contributed by atoms with Crippen molar-refractivity contribution in [3.63, 3.8) is 0 Å². The summed E-state index contributed by atoms with van der Waals surface area (Å²) in [5.74, 6) is 0.643. The summed E-state index contributed by atoms with van der Waals surface area (Å²) in [7, 11) is 1.60. The maximum absolute atomic E-state index is 12.1. The van der Waals surface area contributed by atoms with Gasteiger partial charge in [0, 0.05) is 32.0 Å². The quantitative estimate of drug-likeness (QED) is 0.591. The van der Waals surface area contributed by atoms with Gasteiger partial charge in [-0.05, 0) is 30.9 Å². The van der Waals surface area contributed by atoms with Crippen molar-refractivity contribution >= 4 is 33.9 Å². The zero-order valence-electron chi connectivity index (χ0n) is 14.4. The molecule has 1 amide bonds. The smallest absolute Gasteiger partial charge is 0.263 e. The van der Waals surface area contributed by atoms with E-state index < -0.39 is 0 Å². The molecule has 0 saturated heterocycles. The van der Waals surface area contributed by atoms with Crippen LogP contribution in [0, 0.1) is 5.92 Å². The van der Waals surface area contributed by atoms with Crippen molar-refractivity contribution in [2.75, 3.05) is 32.1 Å². The molecule has 1 aliphatic carbocycles. The molecule has 26 heavy (non-hydrogen) atoms. The van der Waals surface area contributed by atoms with Gasteiger partial charge < -0.3 is 19.9 Å². The Morgan fingerprint density at radius 2 is 2.31 bits per heavy atom. The van der Waals surface area contributed by atoms with Crippen LogP contribution in [-0.2, 0) is 4.74 Å². The van der Waals surface area contributed by atoms with Crippen molar-refractivity contribution in [2.45, 2.75) is 12.8 Å². The second kappa shape index (κ2) is 7.43. The van der Waals surface area contributed by atoms with Crippen molar-refractivity contribution < 1.29 is 14.1 Å². The Morgan fingerprint density at radius 3 is 3.12 bits per heavy atom. The molecule has 1 aliphatic rings. The number of amides is 1. The number of hydrogen-bond acceptors (Lipinski definition) is 7. The Hall–Kier alpha value is -2.45. The van der Waals surface area contributed by atoms with E-state index in [2.05, 4.69) is 20.8 Å². The normalized spacial score (nSPS) is 13.9. The molecule has 0 unspecified atom stereocenters. The molecule has 4 rings (SSSR count). The second-order valence-electron chi connectivity index (χ2n) is 6.34. The topological polar surface area (TPSA) is 89.3 Å². The summed E-state index contributed by atoms with van der Waals surface area (Å²) in [4.78, 5) is 17.0. The van der Waals surface area contributed by atoms with Gasteiger partial charge in [0.1, 0.15) is 15.6 Å². The molecule has 0 spiro atoms. The molecule has 2 N–H and O–H groups in total. The highest BCUT2D eigenvalue weighted by atomic mass is 32.1. The summed E-state index contributed by atoms with van der Waals surface area (Å²) < 4.78 is 10.4. The van der Waals surface area contributed by atoms with Gasteiger partial charge in [-0.3, -0.25) is 4.79 Å². The second-order valence-corrected chi connectivity index (χ2v) is 7.38. The van der Waals surface area contributed by atoms with Gasteiger partial charge in [0.2, 0.25) is 0 Å². The Kier molecular flexibility index (Phi) is 4.85. The van der Waals surface area contributed by atoms with Gasteiger partial charge in [-0.2, -0.15) is 0 Å². The largest absolute Gasteiger partial charge is 0.385 e. The molecule has 136 valence electrons. The lowest BCUT2D eigenvalue weighted by Gasteiger charge is -2.04. The number of hydrogen-bond donors (Lipinski definition) is 2. The highest BCUT2D eigenvalue weighted by Crippen LogP contribution is 2.33. The van der Waals surface area contributed by atoms with E-state index in [4.69, 9.17) is 9.26 Å². The zero-order chi connectivity index (χ0) is 17.9. The zero-order valence-corrected chi connectivity index (χ0v) is 15.3. The fraction of sp³-hybridized carbons (Fsp3) is 0.389. The number of aromatic nitrogens is 2. The molecule has 0 radical (unpaired) electrons. The van der Waals surface area contributed by atoms with Gasteiger partial charge in [-0.1, -0.05) is 5.16 Å². The van der Waals surface area contributed by atoms with Crippen LogP contribution in [0.1, 0.15) is 22.5 Å². The summed E-state index contributed by atoms with van der Waals surface area (Å²) in [6, 6.07) is 5.97. The number of rotatable bonds is 8. The molecule has 1 saturated carbocycles. The van der Waals surface area contributed by atoms with E-state index in [1.807, 2.05) is 18.2 Å². The summed E-state index contributed by atoms with van der Waals surface area (Å²) in [6.07, 6.45) is 4.19. The Labute approximate surface area is 154 Å². The fourth-order valence-corrected chi connectivity index (χ4v) is 3.46. The minimum atomic E-state index is -0.162. The minimum absolute atomic E-state index is 0.162. The first-order chi connectivity index (χ1) is 12.7. The number of nitrogens with zero attached hydrogens (tertiary/aromatic N) is 2. The van der Waals surface area contributed by atoms with Crippen LogP contribution in [-0.4, -0.2) is 42.9 Å². The number of nitrogens with one attached hydrogen (secondary N) is 2. The van der Waals surface area contributed by atoms with E-state index in [9.17, 15) is 4.79 Å². The van der Waals surface area contributed by atoms with E-state index in [0.717, 1.165) is 23.5 Å². The Balaban J connectivity index is 1.50. The predicted octanol–water partition coefficient (Wildman–Crippen LogP) is 3.15. The van der Waals surface area contributed by atoms with Gasteiger partial charge in [-0.25, -0.2) is 4.98 Å². The predicted molar refractivity (Wildman–Crippen MR) is 101 cm³/mol. The highest BCUT2D eigenvalue weighted by molar-refractivity contribution is 7.17. The number of benzene rings is 1. The molecule has 1 aromatic carbocycles. The molecule has 0 bridgehead atoms. The minimum Gasteiger partial charge on any atom is -0.385 e. The molecule has 0 aliphatic heterocycles. The lowest BCUT2D eigenvalue weighted by atomic mass is 10.2. The van der Waals surface area contributed by atoms with E-state index in [1.165, 1.54) is 24.2 Å². The first kappa shape index (κ1) is 17.0. The lowest BCUT2D eigenvalue weighted by Crippen LogP contribution is -2.26. The van der Waals surface area contributed by atoms with Gasteiger partial charge in [-0.15, -0.1) is 11.3 Å². The van der Waals surface area contributed by atoms with Gasteiger partial charge >= 0.3 is 0 Å². The number of carbonyl (C=O) groups is 1. The molecule has 0 atom stereocenters. The van der Waals surface area contributed by atoms with E-state index in [1.54, 1.807) is 13.3 Å². The molecule has 3 aromatic rings. The van der Waals surface area contributed by atoms with Gasteiger partial charge in [0.05, 0.1) is 18.2 Å². The SMILES string of the molecule is COCCNC(=O)c1cnc(-c2noc3cc(NCC4CC4)ccc23)s1.